The predicted molar refractivity (Wildman–Crippen MR) is 48.9 cm³/mol. The third kappa shape index (κ3) is 2.27. The Hall–Kier alpha value is -2.32. The van der Waals surface area contributed by atoms with Gasteiger partial charge in [-0.2, -0.15) is 0 Å². The van der Waals surface area contributed by atoms with Crippen LogP contribution >= 0.6 is 0 Å². The summed E-state index contributed by atoms with van der Waals surface area (Å²) in [6.45, 7) is 0. The molecule has 0 saturated heterocycles. The molecule has 0 aliphatic heterocycles. The minimum Gasteiger partial charge on any atom is -0.501 e. The van der Waals surface area contributed by atoms with Crippen LogP contribution in [0.3, 0.4) is 0 Å². The maximum atomic E-state index is 12.5. The Balaban J connectivity index is 3.61. The van der Waals surface area contributed by atoms with Gasteiger partial charge in [0, 0.05) is 0 Å². The third-order valence-corrected chi connectivity index (χ3v) is 1.84. The van der Waals surface area contributed by atoms with Gasteiger partial charge >= 0.3 is 11.7 Å². The van der Waals surface area contributed by atoms with Crippen molar-refractivity contribution in [3.05, 3.63) is 27.6 Å². The summed E-state index contributed by atoms with van der Waals surface area (Å²) in [6.07, 6.45) is -2.73. The number of nitro groups is 1. The molecule has 0 radical (unpaired) electrons. The highest BCUT2D eigenvalue weighted by Gasteiger charge is 2.33. The largest absolute Gasteiger partial charge is 0.501 e. The molecule has 1 heterocycles. The third-order valence-electron chi connectivity index (χ3n) is 1.84. The van der Waals surface area contributed by atoms with Crippen LogP contribution in [0.5, 0.6) is 5.75 Å². The number of nitrogens with zero attached hydrogens (tertiary/aromatic N) is 2. The van der Waals surface area contributed by atoms with Gasteiger partial charge < -0.3 is 9.84 Å². The Morgan fingerprint density at radius 1 is 1.65 bits per heavy atom. The lowest BCUT2D eigenvalue weighted by Crippen LogP contribution is -2.11. The first-order valence-electron chi connectivity index (χ1n) is 4.12. The predicted octanol–water partition coefficient (Wildman–Crippen LogP) is 1.42. The molecular formula is C8H6F2N2O5. The van der Waals surface area contributed by atoms with E-state index >= 15 is 0 Å². The van der Waals surface area contributed by atoms with Crippen molar-refractivity contribution in [2.24, 2.45) is 0 Å². The number of ether oxygens (including phenoxy) is 1. The number of pyridine rings is 1. The number of methoxy groups -OCH3 is 1. The molecule has 1 aromatic rings. The van der Waals surface area contributed by atoms with E-state index in [0.717, 1.165) is 7.11 Å². The maximum absolute atomic E-state index is 12.5. The van der Waals surface area contributed by atoms with E-state index in [1.807, 2.05) is 0 Å². The number of rotatable bonds is 3. The van der Waals surface area contributed by atoms with E-state index in [1.165, 1.54) is 0 Å². The standard InChI is InChI=1S/C8H6F2N2O5/c1-17-8(14)4-5(7(9)10)11-2-3(13)6(4)12(15)16/h2,7,13H,1H3. The number of alkyl halides is 2. The molecule has 0 bridgehead atoms. The smallest absolute Gasteiger partial charge is 0.347 e. The van der Waals surface area contributed by atoms with Gasteiger partial charge in [0.1, 0.15) is 5.69 Å². The van der Waals surface area contributed by atoms with Gasteiger partial charge in [-0.1, -0.05) is 0 Å². The van der Waals surface area contributed by atoms with Crippen LogP contribution in [-0.2, 0) is 4.74 Å². The zero-order valence-corrected chi connectivity index (χ0v) is 8.39. The number of carbonyl (C=O) groups is 1. The van der Waals surface area contributed by atoms with Gasteiger partial charge in [0.25, 0.3) is 6.43 Å². The van der Waals surface area contributed by atoms with Gasteiger partial charge in [-0.3, -0.25) is 10.1 Å². The summed E-state index contributed by atoms with van der Waals surface area (Å²) < 4.78 is 29.2. The van der Waals surface area contributed by atoms with Crippen molar-refractivity contribution in [1.29, 1.82) is 0 Å². The number of aromatic nitrogens is 1. The summed E-state index contributed by atoms with van der Waals surface area (Å²) in [5, 5.41) is 19.8. The highest BCUT2D eigenvalue weighted by atomic mass is 19.3. The van der Waals surface area contributed by atoms with E-state index in [0.29, 0.717) is 6.20 Å². The second-order valence-electron chi connectivity index (χ2n) is 2.80. The molecule has 17 heavy (non-hydrogen) atoms. The monoisotopic (exact) mass is 248 g/mol. The van der Waals surface area contributed by atoms with Gasteiger partial charge in [0.2, 0.25) is 5.75 Å². The number of hydrogen-bond acceptors (Lipinski definition) is 6. The Bertz CT molecular complexity index is 477. The molecule has 0 aliphatic carbocycles. The van der Waals surface area contributed by atoms with E-state index in [4.69, 9.17) is 5.11 Å². The molecule has 92 valence electrons. The van der Waals surface area contributed by atoms with Gasteiger partial charge in [-0.05, 0) is 0 Å². The van der Waals surface area contributed by atoms with Crippen molar-refractivity contribution in [3.63, 3.8) is 0 Å². The molecule has 1 aromatic heterocycles. The molecule has 0 unspecified atom stereocenters. The van der Waals surface area contributed by atoms with Crippen molar-refractivity contribution in [1.82, 2.24) is 4.98 Å². The molecule has 0 spiro atoms. The Kier molecular flexibility index (Phi) is 3.51. The number of esters is 1. The quantitative estimate of drug-likeness (QED) is 0.493. The second kappa shape index (κ2) is 4.68. The molecular weight excluding hydrogens is 242 g/mol. The van der Waals surface area contributed by atoms with Gasteiger partial charge in [-0.15, -0.1) is 0 Å². The highest BCUT2D eigenvalue weighted by Crippen LogP contribution is 2.34. The van der Waals surface area contributed by atoms with Crippen LogP contribution in [0.15, 0.2) is 6.20 Å². The Morgan fingerprint density at radius 2 is 2.24 bits per heavy atom. The first-order chi connectivity index (χ1) is 7.90. The average Bonchev–Trinajstić information content (AvgIpc) is 2.26. The van der Waals surface area contributed by atoms with Crippen molar-refractivity contribution >= 4 is 11.7 Å². The fourth-order valence-corrected chi connectivity index (χ4v) is 1.16. The summed E-state index contributed by atoms with van der Waals surface area (Å²) in [5.74, 6) is -2.35. The topological polar surface area (TPSA) is 103 Å². The molecule has 0 atom stereocenters. The number of aromatic hydroxyl groups is 1. The summed E-state index contributed by atoms with van der Waals surface area (Å²) >= 11 is 0. The zero-order chi connectivity index (χ0) is 13.2. The van der Waals surface area contributed by atoms with Crippen LogP contribution in [-0.4, -0.2) is 28.1 Å². The van der Waals surface area contributed by atoms with E-state index in [-0.39, 0.29) is 0 Å². The highest BCUT2D eigenvalue weighted by molar-refractivity contribution is 5.96. The summed E-state index contributed by atoms with van der Waals surface area (Å²) in [4.78, 5) is 23.7. The van der Waals surface area contributed by atoms with Crippen LogP contribution in [0, 0.1) is 10.1 Å². The lowest BCUT2D eigenvalue weighted by atomic mass is 10.1. The van der Waals surface area contributed by atoms with Crippen molar-refractivity contribution in [3.8, 4) is 5.75 Å². The van der Waals surface area contributed by atoms with Gasteiger partial charge in [0.05, 0.1) is 18.2 Å². The molecule has 0 fully saturated rings. The van der Waals surface area contributed by atoms with E-state index in [2.05, 4.69) is 9.72 Å². The first-order valence-corrected chi connectivity index (χ1v) is 4.12. The van der Waals surface area contributed by atoms with E-state index in [9.17, 15) is 23.7 Å². The number of halogens is 2. The molecule has 1 N–H and O–H groups in total. The van der Waals surface area contributed by atoms with Crippen LogP contribution in [0.2, 0.25) is 0 Å². The molecule has 0 aromatic carbocycles. The Morgan fingerprint density at radius 3 is 2.65 bits per heavy atom. The minimum absolute atomic E-state index is 0.478. The minimum atomic E-state index is -3.21. The molecule has 0 aliphatic rings. The normalized spacial score (nSPS) is 10.4. The summed E-state index contributed by atoms with van der Waals surface area (Å²) in [5.41, 5.74) is -3.31. The maximum Gasteiger partial charge on any atom is 0.347 e. The first kappa shape index (κ1) is 12.7. The van der Waals surface area contributed by atoms with Crippen LogP contribution in [0.1, 0.15) is 22.5 Å². The number of carbonyl (C=O) groups excluding carboxylic acids is 1. The van der Waals surface area contributed by atoms with E-state index < -0.39 is 40.0 Å². The SMILES string of the molecule is COC(=O)c1c(C(F)F)ncc(O)c1[N+](=O)[O-]. The van der Waals surface area contributed by atoms with Crippen molar-refractivity contribution in [2.75, 3.05) is 7.11 Å². The van der Waals surface area contributed by atoms with Crippen LogP contribution < -0.4 is 0 Å². The van der Waals surface area contributed by atoms with Crippen LogP contribution in [0.4, 0.5) is 14.5 Å². The molecule has 1 rings (SSSR count). The second-order valence-corrected chi connectivity index (χ2v) is 2.80. The molecule has 9 heteroatoms. The summed E-state index contributed by atoms with van der Waals surface area (Å²) in [6, 6.07) is 0. The van der Waals surface area contributed by atoms with Crippen molar-refractivity contribution < 1.29 is 28.3 Å². The van der Waals surface area contributed by atoms with Gasteiger partial charge in [0.15, 0.2) is 5.56 Å². The van der Waals surface area contributed by atoms with Crippen molar-refractivity contribution in [2.45, 2.75) is 6.43 Å². The number of hydrogen-bond donors (Lipinski definition) is 1. The van der Waals surface area contributed by atoms with Gasteiger partial charge in [-0.25, -0.2) is 18.6 Å². The lowest BCUT2D eigenvalue weighted by molar-refractivity contribution is -0.386. The zero-order valence-electron chi connectivity index (χ0n) is 8.39. The fourth-order valence-electron chi connectivity index (χ4n) is 1.16. The Labute approximate surface area is 92.8 Å². The van der Waals surface area contributed by atoms with Crippen LogP contribution in [0.25, 0.3) is 0 Å². The molecule has 0 amide bonds. The average molecular weight is 248 g/mol. The molecule has 0 saturated carbocycles. The van der Waals surface area contributed by atoms with E-state index in [1.54, 1.807) is 0 Å². The molecule has 7 nitrogen and oxygen atoms in total. The lowest BCUT2D eigenvalue weighted by Gasteiger charge is -2.07. The fraction of sp³-hybridized carbons (Fsp3) is 0.250. The summed E-state index contributed by atoms with van der Waals surface area (Å²) in [7, 11) is 0.866.